The van der Waals surface area contributed by atoms with E-state index >= 15 is 0 Å². The van der Waals surface area contributed by atoms with Crippen molar-refractivity contribution in [2.45, 2.75) is 12.5 Å². The number of aliphatic carboxylic acids is 1. The number of carboxylic acid groups (broad SMARTS) is 1. The summed E-state index contributed by atoms with van der Waals surface area (Å²) in [4.78, 5) is 25.6. The van der Waals surface area contributed by atoms with Gasteiger partial charge in [0, 0.05) is 19.2 Å². The van der Waals surface area contributed by atoms with Crippen LogP contribution < -0.4 is 11.1 Å². The second kappa shape index (κ2) is 5.80. The Hall–Kier alpha value is -2.15. The van der Waals surface area contributed by atoms with E-state index in [-0.39, 0.29) is 24.3 Å². The van der Waals surface area contributed by atoms with E-state index in [1.165, 1.54) is 12.3 Å². The lowest BCUT2D eigenvalue weighted by molar-refractivity contribution is -0.146. The number of nitrogens with one attached hydrogen (secondary N) is 1. The first-order valence-corrected chi connectivity index (χ1v) is 4.92. The lowest BCUT2D eigenvalue weighted by atomic mass is 10.2. The molecule has 1 amide bonds. The zero-order valence-electron chi connectivity index (χ0n) is 8.96. The summed E-state index contributed by atoms with van der Waals surface area (Å²) in [5.74, 6) is -1.82. The van der Waals surface area contributed by atoms with E-state index in [0.717, 1.165) is 0 Å². The molecule has 0 aromatic carbocycles. The Morgan fingerprint density at radius 1 is 1.53 bits per heavy atom. The molecule has 0 spiro atoms. The van der Waals surface area contributed by atoms with Gasteiger partial charge in [-0.1, -0.05) is 0 Å². The van der Waals surface area contributed by atoms with Crippen molar-refractivity contribution in [1.29, 1.82) is 0 Å². The Kier molecular flexibility index (Phi) is 4.41. The third kappa shape index (κ3) is 3.72. The van der Waals surface area contributed by atoms with Crippen molar-refractivity contribution < 1.29 is 19.8 Å². The molecule has 0 saturated carbocycles. The van der Waals surface area contributed by atoms with Gasteiger partial charge in [0.25, 0.3) is 5.91 Å². The third-order valence-corrected chi connectivity index (χ3v) is 2.04. The van der Waals surface area contributed by atoms with Gasteiger partial charge >= 0.3 is 5.97 Å². The molecule has 1 aromatic rings. The molecule has 92 valence electrons. The number of rotatable bonds is 5. The number of nitrogens with zero attached hydrogens (tertiary/aromatic N) is 1. The maximum absolute atomic E-state index is 11.5. The quantitative estimate of drug-likeness (QED) is 0.534. The van der Waals surface area contributed by atoms with Gasteiger partial charge in [-0.3, -0.25) is 4.79 Å². The predicted molar refractivity (Wildman–Crippen MR) is 59.2 cm³/mol. The lowest BCUT2D eigenvalue weighted by Gasteiger charge is -2.07. The molecule has 0 radical (unpaired) electrons. The lowest BCUT2D eigenvalue weighted by Crippen LogP contribution is -2.30. The molecule has 17 heavy (non-hydrogen) atoms. The van der Waals surface area contributed by atoms with Gasteiger partial charge in [0.1, 0.15) is 0 Å². The number of aromatic nitrogens is 1. The number of hydrogen-bond acceptors (Lipinski definition) is 5. The fourth-order valence-electron chi connectivity index (χ4n) is 1.14. The summed E-state index contributed by atoms with van der Waals surface area (Å²) < 4.78 is 0. The van der Waals surface area contributed by atoms with Crippen molar-refractivity contribution in [3.63, 3.8) is 0 Å². The van der Waals surface area contributed by atoms with Crippen molar-refractivity contribution in [3.8, 4) is 0 Å². The van der Waals surface area contributed by atoms with Crippen LogP contribution in [0.3, 0.4) is 0 Å². The number of hydrogen-bond donors (Lipinski definition) is 4. The number of anilines is 1. The van der Waals surface area contributed by atoms with Crippen molar-refractivity contribution >= 4 is 17.6 Å². The predicted octanol–water partition coefficient (Wildman–Crippen LogP) is -0.771. The topological polar surface area (TPSA) is 126 Å². The molecule has 1 heterocycles. The van der Waals surface area contributed by atoms with Gasteiger partial charge in [-0.15, -0.1) is 0 Å². The minimum Gasteiger partial charge on any atom is -0.479 e. The van der Waals surface area contributed by atoms with E-state index in [0.29, 0.717) is 0 Å². The maximum Gasteiger partial charge on any atom is 0.332 e. The summed E-state index contributed by atoms with van der Waals surface area (Å²) in [7, 11) is 0. The van der Waals surface area contributed by atoms with Gasteiger partial charge in [-0.2, -0.15) is 0 Å². The molecule has 0 aliphatic rings. The number of carboxylic acids is 1. The number of nitrogens with two attached hydrogens (primary N) is 1. The summed E-state index contributed by atoms with van der Waals surface area (Å²) in [5, 5.41) is 19.8. The van der Waals surface area contributed by atoms with Crippen LogP contribution in [0.1, 0.15) is 16.9 Å². The highest BCUT2D eigenvalue weighted by Crippen LogP contribution is 2.06. The number of pyridine rings is 1. The van der Waals surface area contributed by atoms with Gasteiger partial charge < -0.3 is 21.3 Å². The van der Waals surface area contributed by atoms with Crippen LogP contribution in [0.25, 0.3) is 0 Å². The second-order valence-electron chi connectivity index (χ2n) is 3.34. The summed E-state index contributed by atoms with van der Waals surface area (Å²) in [6, 6.07) is 3.13. The Morgan fingerprint density at radius 2 is 2.24 bits per heavy atom. The molecule has 1 aromatic heterocycles. The number of aliphatic hydroxyl groups excluding tert-OH is 1. The van der Waals surface area contributed by atoms with Crippen LogP contribution in [0.5, 0.6) is 0 Å². The molecule has 5 N–H and O–H groups in total. The van der Waals surface area contributed by atoms with Gasteiger partial charge in [-0.05, 0) is 12.1 Å². The number of carbonyl (C=O) groups is 2. The highest BCUT2D eigenvalue weighted by atomic mass is 16.4. The minimum absolute atomic E-state index is 0.0301. The average Bonchev–Trinajstić information content (AvgIpc) is 2.29. The summed E-state index contributed by atoms with van der Waals surface area (Å²) in [6.07, 6.45) is -0.137. The summed E-state index contributed by atoms with van der Waals surface area (Å²) in [6.45, 7) is 0.0301. The van der Waals surface area contributed by atoms with Crippen LogP contribution in [-0.4, -0.2) is 39.7 Å². The summed E-state index contributed by atoms with van der Waals surface area (Å²) in [5.41, 5.74) is 5.85. The van der Waals surface area contributed by atoms with Gasteiger partial charge in [0.2, 0.25) is 0 Å². The molecule has 0 bridgehead atoms. The first kappa shape index (κ1) is 12.9. The fourth-order valence-corrected chi connectivity index (χ4v) is 1.14. The number of nitrogen functional groups attached to an aromatic ring is 1. The van der Waals surface area contributed by atoms with E-state index in [2.05, 4.69) is 10.3 Å². The molecule has 7 heteroatoms. The molecule has 0 saturated heterocycles. The maximum atomic E-state index is 11.5. The normalized spacial score (nSPS) is 11.8. The van der Waals surface area contributed by atoms with Crippen LogP contribution in [0.15, 0.2) is 18.3 Å². The van der Waals surface area contributed by atoms with E-state index in [1.54, 1.807) is 6.07 Å². The van der Waals surface area contributed by atoms with Crippen LogP contribution in [-0.2, 0) is 4.79 Å². The van der Waals surface area contributed by atoms with Crippen molar-refractivity contribution in [3.05, 3.63) is 24.0 Å². The Balaban J connectivity index is 2.46. The Morgan fingerprint density at radius 3 is 2.82 bits per heavy atom. The van der Waals surface area contributed by atoms with E-state index in [9.17, 15) is 9.59 Å². The molecular formula is C10H13N3O4. The van der Waals surface area contributed by atoms with Gasteiger partial charge in [0.05, 0.1) is 5.69 Å². The molecule has 1 unspecified atom stereocenters. The van der Waals surface area contributed by atoms with E-state index in [1.807, 2.05) is 0 Å². The molecule has 1 atom stereocenters. The molecular weight excluding hydrogens is 226 g/mol. The zero-order chi connectivity index (χ0) is 12.8. The summed E-state index contributed by atoms with van der Waals surface area (Å²) >= 11 is 0. The van der Waals surface area contributed by atoms with Crippen LogP contribution in [0, 0.1) is 0 Å². The fraction of sp³-hybridized carbons (Fsp3) is 0.300. The van der Waals surface area contributed by atoms with Crippen LogP contribution >= 0.6 is 0 Å². The van der Waals surface area contributed by atoms with Gasteiger partial charge in [-0.25, -0.2) is 9.78 Å². The number of carbonyl (C=O) groups excluding carboxylic acids is 1. The third-order valence-electron chi connectivity index (χ3n) is 2.04. The molecule has 1 rings (SSSR count). The standard InChI is InChI=1S/C10H13N3O4/c11-6-2-1-4-12-8(6)9(15)13-5-3-7(14)10(16)17/h1-2,4,7,14H,3,5,11H2,(H,13,15)(H,16,17). The Labute approximate surface area is 97.3 Å². The zero-order valence-corrected chi connectivity index (χ0v) is 8.96. The number of aliphatic hydroxyl groups is 1. The first-order valence-electron chi connectivity index (χ1n) is 4.92. The van der Waals surface area contributed by atoms with Gasteiger partial charge in [0.15, 0.2) is 11.8 Å². The minimum atomic E-state index is -1.49. The number of amides is 1. The van der Waals surface area contributed by atoms with Crippen molar-refractivity contribution in [1.82, 2.24) is 10.3 Å². The largest absolute Gasteiger partial charge is 0.479 e. The highest BCUT2D eigenvalue weighted by molar-refractivity contribution is 5.96. The monoisotopic (exact) mass is 239 g/mol. The van der Waals surface area contributed by atoms with Crippen molar-refractivity contribution in [2.24, 2.45) is 0 Å². The first-order chi connectivity index (χ1) is 8.02. The van der Waals surface area contributed by atoms with E-state index < -0.39 is 18.0 Å². The molecule has 0 aliphatic carbocycles. The second-order valence-corrected chi connectivity index (χ2v) is 3.34. The SMILES string of the molecule is Nc1cccnc1C(=O)NCCC(O)C(=O)O. The smallest absolute Gasteiger partial charge is 0.332 e. The van der Waals surface area contributed by atoms with Crippen LogP contribution in [0.4, 0.5) is 5.69 Å². The highest BCUT2D eigenvalue weighted by Gasteiger charge is 2.14. The van der Waals surface area contributed by atoms with Crippen molar-refractivity contribution in [2.75, 3.05) is 12.3 Å². The molecule has 0 fully saturated rings. The molecule has 7 nitrogen and oxygen atoms in total. The van der Waals surface area contributed by atoms with Crippen LogP contribution in [0.2, 0.25) is 0 Å². The average molecular weight is 239 g/mol. The van der Waals surface area contributed by atoms with E-state index in [4.69, 9.17) is 15.9 Å². The molecule has 0 aliphatic heterocycles. The Bertz CT molecular complexity index is 422.